The van der Waals surface area contributed by atoms with E-state index in [0.717, 1.165) is 11.1 Å². The van der Waals surface area contributed by atoms with Crippen LogP contribution in [0.1, 0.15) is 32.2 Å². The van der Waals surface area contributed by atoms with E-state index in [2.05, 4.69) is 14.5 Å². The fourth-order valence-electron chi connectivity index (χ4n) is 1.31. The molecule has 0 aliphatic rings. The first kappa shape index (κ1) is 13.0. The monoisotopic (exact) mass is 265 g/mol. The molecule has 18 heavy (non-hydrogen) atoms. The van der Waals surface area contributed by atoms with Crippen LogP contribution in [0.5, 0.6) is 0 Å². The second kappa shape index (κ2) is 4.70. The number of hydrogen-bond acceptors (Lipinski definition) is 5. The van der Waals surface area contributed by atoms with Crippen molar-refractivity contribution < 1.29 is 9.08 Å². The van der Waals surface area contributed by atoms with Crippen LogP contribution in [0.25, 0.3) is 11.0 Å². The van der Waals surface area contributed by atoms with Crippen molar-refractivity contribution in [3.63, 3.8) is 0 Å². The van der Waals surface area contributed by atoms with Gasteiger partial charge in [-0.2, -0.15) is 0 Å². The normalized spacial score (nSPS) is 14.5. The van der Waals surface area contributed by atoms with Gasteiger partial charge in [-0.05, 0) is 33.8 Å². The maximum absolute atomic E-state index is 11.8. The van der Waals surface area contributed by atoms with Gasteiger partial charge in [-0.15, -0.1) is 0 Å². The smallest absolute Gasteiger partial charge is 0.185 e. The van der Waals surface area contributed by atoms with Crippen molar-refractivity contribution in [2.24, 2.45) is 4.40 Å². The van der Waals surface area contributed by atoms with Crippen molar-refractivity contribution in [3.8, 4) is 0 Å². The van der Waals surface area contributed by atoms with Crippen LogP contribution in [0.3, 0.4) is 0 Å². The molecule has 0 N–H and O–H groups in total. The summed E-state index contributed by atoms with van der Waals surface area (Å²) < 4.78 is 20.5. The van der Waals surface area contributed by atoms with Crippen LogP contribution < -0.4 is 0 Å². The molecule has 0 radical (unpaired) electrons. The Labute approximate surface area is 109 Å². The molecule has 2 aromatic heterocycles. The zero-order valence-corrected chi connectivity index (χ0v) is 11.6. The van der Waals surface area contributed by atoms with E-state index in [1.807, 2.05) is 33.8 Å². The van der Waals surface area contributed by atoms with E-state index in [9.17, 15) is 4.55 Å². The summed E-state index contributed by atoms with van der Waals surface area (Å²) in [5.41, 5.74) is 2.09. The number of pyridine rings is 1. The number of aromatic nitrogens is 2. The zero-order chi connectivity index (χ0) is 13.3. The molecule has 0 saturated carbocycles. The van der Waals surface area contributed by atoms with Crippen LogP contribution in [0.15, 0.2) is 21.2 Å². The lowest BCUT2D eigenvalue weighted by Gasteiger charge is -2.17. The van der Waals surface area contributed by atoms with Crippen LogP contribution in [0.2, 0.25) is 0 Å². The third kappa shape index (κ3) is 2.70. The topological polar surface area (TPSA) is 74.3 Å². The van der Waals surface area contributed by atoms with Gasteiger partial charge in [0.15, 0.2) is 5.58 Å². The molecule has 0 bridgehead atoms. The van der Waals surface area contributed by atoms with Crippen LogP contribution in [-0.2, 0) is 11.4 Å². The molecule has 0 saturated heterocycles. The van der Waals surface area contributed by atoms with Crippen molar-refractivity contribution in [2.45, 2.75) is 32.4 Å². The summed E-state index contributed by atoms with van der Waals surface area (Å²) in [4.78, 5) is 4.16. The fourth-order valence-corrected chi connectivity index (χ4v) is 1.83. The van der Waals surface area contributed by atoms with Gasteiger partial charge in [0, 0.05) is 5.39 Å². The van der Waals surface area contributed by atoms with Gasteiger partial charge in [-0.25, -0.2) is 0 Å². The summed E-state index contributed by atoms with van der Waals surface area (Å²) in [6, 6.07) is 1.82. The standard InChI is InChI=1S/C12H15N3O2S/c1-8-10-5-9(13-7-11(10)17-15-8)6-14-18(16)12(2,3)4/h5-7H,1-4H3. The molecule has 2 heterocycles. The Kier molecular flexibility index (Phi) is 3.41. The third-order valence-electron chi connectivity index (χ3n) is 2.36. The second-order valence-corrected chi connectivity index (χ2v) is 6.90. The molecule has 6 heteroatoms. The Morgan fingerprint density at radius 2 is 2.17 bits per heavy atom. The van der Waals surface area contributed by atoms with Gasteiger partial charge in [0.1, 0.15) is 22.3 Å². The number of aryl methyl sites for hydroxylation is 1. The maximum atomic E-state index is 11.8. The molecule has 5 nitrogen and oxygen atoms in total. The first-order valence-electron chi connectivity index (χ1n) is 5.56. The van der Waals surface area contributed by atoms with Gasteiger partial charge in [-0.1, -0.05) is 9.55 Å². The number of rotatable bonds is 2. The molecule has 1 atom stereocenters. The summed E-state index contributed by atoms with van der Waals surface area (Å²) in [5.74, 6) is 0. The molecule has 0 aliphatic carbocycles. The Morgan fingerprint density at radius 3 is 2.83 bits per heavy atom. The molecule has 2 rings (SSSR count). The molecule has 0 spiro atoms. The van der Waals surface area contributed by atoms with Gasteiger partial charge in [0.2, 0.25) is 0 Å². The van der Waals surface area contributed by atoms with E-state index in [0.29, 0.717) is 11.3 Å². The fraction of sp³-hybridized carbons (Fsp3) is 0.417. The third-order valence-corrected chi connectivity index (χ3v) is 3.71. The quantitative estimate of drug-likeness (QED) is 0.617. The number of nitrogens with zero attached hydrogens (tertiary/aromatic N) is 3. The summed E-state index contributed by atoms with van der Waals surface area (Å²) >= 11 is -1.28. The summed E-state index contributed by atoms with van der Waals surface area (Å²) in [6.45, 7) is 7.49. The SMILES string of the molecule is Cc1noc2cnc(C=N[S+]([O-])C(C)(C)C)cc12. The van der Waals surface area contributed by atoms with E-state index < -0.39 is 11.4 Å². The Hall–Kier alpha value is -1.40. The first-order valence-corrected chi connectivity index (χ1v) is 6.67. The molecular formula is C12H15N3O2S. The van der Waals surface area contributed by atoms with Crippen LogP contribution in [0.4, 0.5) is 0 Å². The molecule has 0 fully saturated rings. The van der Waals surface area contributed by atoms with Crippen molar-refractivity contribution in [1.82, 2.24) is 10.1 Å². The number of fused-ring (bicyclic) bond motifs is 1. The van der Waals surface area contributed by atoms with E-state index in [1.54, 1.807) is 6.20 Å². The lowest BCUT2D eigenvalue weighted by Crippen LogP contribution is -2.25. The van der Waals surface area contributed by atoms with Crippen LogP contribution in [-0.4, -0.2) is 25.7 Å². The van der Waals surface area contributed by atoms with E-state index in [-0.39, 0.29) is 4.75 Å². The van der Waals surface area contributed by atoms with Crippen molar-refractivity contribution in [1.29, 1.82) is 0 Å². The predicted octanol–water partition coefficient (Wildman–Crippen LogP) is 2.41. The summed E-state index contributed by atoms with van der Waals surface area (Å²) in [6.07, 6.45) is 3.12. The minimum Gasteiger partial charge on any atom is -0.591 e. The Balaban J connectivity index is 2.27. The maximum Gasteiger partial charge on any atom is 0.185 e. The lowest BCUT2D eigenvalue weighted by molar-refractivity contribution is 0.449. The highest BCUT2D eigenvalue weighted by molar-refractivity contribution is 7.91. The Bertz CT molecular complexity index is 587. The van der Waals surface area contributed by atoms with Gasteiger partial charge in [-0.3, -0.25) is 4.98 Å². The largest absolute Gasteiger partial charge is 0.591 e. The van der Waals surface area contributed by atoms with Gasteiger partial charge < -0.3 is 9.08 Å². The summed E-state index contributed by atoms with van der Waals surface area (Å²) in [5, 5.41) is 4.75. The highest BCUT2D eigenvalue weighted by Gasteiger charge is 2.25. The molecule has 96 valence electrons. The zero-order valence-electron chi connectivity index (χ0n) is 10.8. The van der Waals surface area contributed by atoms with Crippen molar-refractivity contribution in [3.05, 3.63) is 23.7 Å². The molecule has 0 aliphatic heterocycles. The van der Waals surface area contributed by atoms with Gasteiger partial charge in [0.05, 0.1) is 17.6 Å². The minimum absolute atomic E-state index is 0.367. The van der Waals surface area contributed by atoms with E-state index in [1.165, 1.54) is 6.21 Å². The van der Waals surface area contributed by atoms with Gasteiger partial charge in [0.25, 0.3) is 0 Å². The summed E-state index contributed by atoms with van der Waals surface area (Å²) in [7, 11) is 0. The van der Waals surface area contributed by atoms with Crippen molar-refractivity contribution >= 4 is 28.5 Å². The first-order chi connectivity index (χ1) is 8.38. The number of hydrogen-bond donors (Lipinski definition) is 0. The molecule has 1 unspecified atom stereocenters. The highest BCUT2D eigenvalue weighted by Crippen LogP contribution is 2.18. The molecular weight excluding hydrogens is 250 g/mol. The molecule has 2 aromatic rings. The van der Waals surface area contributed by atoms with E-state index in [4.69, 9.17) is 4.52 Å². The predicted molar refractivity (Wildman–Crippen MR) is 72.0 cm³/mol. The van der Waals surface area contributed by atoms with Crippen LogP contribution >= 0.6 is 0 Å². The van der Waals surface area contributed by atoms with Crippen LogP contribution in [0, 0.1) is 6.92 Å². The molecule has 0 amide bonds. The van der Waals surface area contributed by atoms with E-state index >= 15 is 0 Å². The van der Waals surface area contributed by atoms with Crippen molar-refractivity contribution in [2.75, 3.05) is 0 Å². The minimum atomic E-state index is -1.28. The molecule has 0 aromatic carbocycles. The average Bonchev–Trinajstić information content (AvgIpc) is 2.66. The Morgan fingerprint density at radius 1 is 1.44 bits per heavy atom. The highest BCUT2D eigenvalue weighted by atomic mass is 32.2. The second-order valence-electron chi connectivity index (χ2n) is 4.97. The van der Waals surface area contributed by atoms with Gasteiger partial charge >= 0.3 is 0 Å². The lowest BCUT2D eigenvalue weighted by atomic mass is 10.2. The average molecular weight is 265 g/mol.